The minimum Gasteiger partial charge on any atom is -0.370 e. The monoisotopic (exact) mass is 612 g/mol. The molecular formula is C32H38F6N2O3. The summed E-state index contributed by atoms with van der Waals surface area (Å²) in [6, 6.07) is 10.9. The maximum atomic E-state index is 13.6. The Kier molecular flexibility index (Phi) is 10.1. The van der Waals surface area contributed by atoms with Crippen molar-refractivity contribution in [3.8, 4) is 0 Å². The lowest BCUT2D eigenvalue weighted by Gasteiger charge is -2.42. The Morgan fingerprint density at radius 3 is 2.05 bits per heavy atom. The number of hydrogen-bond donors (Lipinski definition) is 0. The van der Waals surface area contributed by atoms with Crippen LogP contribution < -0.4 is 0 Å². The molecule has 0 unspecified atom stereocenters. The fourth-order valence-corrected chi connectivity index (χ4v) is 6.29. The van der Waals surface area contributed by atoms with Crippen LogP contribution in [0.2, 0.25) is 0 Å². The molecule has 0 spiro atoms. The predicted molar refractivity (Wildman–Crippen MR) is 149 cm³/mol. The normalized spacial score (nSPS) is 24.0. The van der Waals surface area contributed by atoms with E-state index in [2.05, 4.69) is 0 Å². The Morgan fingerprint density at radius 1 is 0.930 bits per heavy atom. The summed E-state index contributed by atoms with van der Waals surface area (Å²) < 4.78 is 87.0. The highest BCUT2D eigenvalue weighted by atomic mass is 19.4. The first-order valence-corrected chi connectivity index (χ1v) is 14.7. The zero-order valence-corrected chi connectivity index (χ0v) is 24.5. The van der Waals surface area contributed by atoms with Crippen LogP contribution in [0.15, 0.2) is 48.5 Å². The van der Waals surface area contributed by atoms with Crippen LogP contribution in [-0.2, 0) is 26.7 Å². The second-order valence-corrected chi connectivity index (χ2v) is 11.6. The summed E-state index contributed by atoms with van der Waals surface area (Å²) in [6.07, 6.45) is -7.84. The third-order valence-corrected chi connectivity index (χ3v) is 8.84. The minimum absolute atomic E-state index is 0.0306. The molecule has 0 aromatic heterocycles. The average molecular weight is 613 g/mol. The number of alkyl halides is 6. The summed E-state index contributed by atoms with van der Waals surface area (Å²) in [6.45, 7) is 3.97. The van der Waals surface area contributed by atoms with Crippen LogP contribution in [0.1, 0.15) is 86.6 Å². The van der Waals surface area contributed by atoms with Crippen LogP contribution in [0.4, 0.5) is 26.3 Å². The number of piperidine rings is 1. The van der Waals surface area contributed by atoms with Gasteiger partial charge in [0.25, 0.3) is 0 Å². The van der Waals surface area contributed by atoms with Crippen LogP contribution >= 0.6 is 0 Å². The Morgan fingerprint density at radius 2 is 1.51 bits per heavy atom. The molecule has 0 bridgehead atoms. The molecule has 2 aromatic carbocycles. The van der Waals surface area contributed by atoms with Crippen LogP contribution in [0.3, 0.4) is 0 Å². The van der Waals surface area contributed by atoms with E-state index in [1.165, 1.54) is 6.92 Å². The van der Waals surface area contributed by atoms with E-state index in [4.69, 9.17) is 4.74 Å². The molecule has 1 heterocycles. The summed E-state index contributed by atoms with van der Waals surface area (Å²) in [5, 5.41) is 0. The predicted octanol–water partition coefficient (Wildman–Crippen LogP) is 7.61. The van der Waals surface area contributed by atoms with Crippen LogP contribution in [0.5, 0.6) is 0 Å². The summed E-state index contributed by atoms with van der Waals surface area (Å²) >= 11 is 0. The van der Waals surface area contributed by atoms with E-state index in [0.29, 0.717) is 50.9 Å². The van der Waals surface area contributed by atoms with Crippen LogP contribution in [0.25, 0.3) is 0 Å². The van der Waals surface area contributed by atoms with Crippen molar-refractivity contribution in [1.82, 2.24) is 9.80 Å². The SMILES string of the molecule is CCC(=O)N(C)[C@H]1CC[C@H](C(=O)N2CC[C@H](O[C@H](C)c3cc(C(F)(F)F)cc(C(F)(F)F)c3)[C@H](c3ccccc3)C2)CC1. The summed E-state index contributed by atoms with van der Waals surface area (Å²) in [7, 11) is 1.80. The highest BCUT2D eigenvalue weighted by Gasteiger charge is 2.40. The molecule has 5 nitrogen and oxygen atoms in total. The van der Waals surface area contributed by atoms with E-state index in [0.717, 1.165) is 18.4 Å². The second-order valence-electron chi connectivity index (χ2n) is 11.6. The highest BCUT2D eigenvalue weighted by molar-refractivity contribution is 5.79. The largest absolute Gasteiger partial charge is 0.416 e. The molecule has 236 valence electrons. The van der Waals surface area contributed by atoms with Crippen molar-refractivity contribution in [2.24, 2.45) is 5.92 Å². The molecule has 1 aliphatic heterocycles. The number of nitrogens with zero attached hydrogens (tertiary/aromatic N) is 2. The Bertz CT molecular complexity index is 1230. The molecule has 43 heavy (non-hydrogen) atoms. The molecule has 3 atom stereocenters. The lowest BCUT2D eigenvalue weighted by atomic mass is 9.82. The van der Waals surface area contributed by atoms with Gasteiger partial charge in [0.1, 0.15) is 0 Å². The highest BCUT2D eigenvalue weighted by Crippen LogP contribution is 2.40. The van der Waals surface area contributed by atoms with Gasteiger partial charge < -0.3 is 14.5 Å². The zero-order chi connectivity index (χ0) is 31.5. The molecular weight excluding hydrogens is 574 g/mol. The van der Waals surface area contributed by atoms with Crippen LogP contribution in [-0.4, -0.2) is 53.9 Å². The molecule has 1 saturated carbocycles. The number of hydrogen-bond acceptors (Lipinski definition) is 3. The molecule has 0 N–H and O–H groups in total. The summed E-state index contributed by atoms with van der Waals surface area (Å²) in [4.78, 5) is 29.3. The zero-order valence-electron chi connectivity index (χ0n) is 24.5. The molecule has 2 amide bonds. The van der Waals surface area contributed by atoms with Gasteiger partial charge in [0.05, 0.1) is 23.3 Å². The van der Waals surface area contributed by atoms with E-state index in [1.807, 2.05) is 37.3 Å². The van der Waals surface area contributed by atoms with E-state index in [9.17, 15) is 35.9 Å². The average Bonchev–Trinajstić information content (AvgIpc) is 2.99. The topological polar surface area (TPSA) is 49.9 Å². The van der Waals surface area contributed by atoms with Gasteiger partial charge in [-0.15, -0.1) is 0 Å². The maximum Gasteiger partial charge on any atom is 0.416 e. The van der Waals surface area contributed by atoms with E-state index >= 15 is 0 Å². The van der Waals surface area contributed by atoms with Gasteiger partial charge in [-0.3, -0.25) is 9.59 Å². The van der Waals surface area contributed by atoms with Crippen molar-refractivity contribution >= 4 is 11.8 Å². The third kappa shape index (κ3) is 7.91. The van der Waals surface area contributed by atoms with Crippen LogP contribution in [0, 0.1) is 5.92 Å². The van der Waals surface area contributed by atoms with E-state index in [1.54, 1.807) is 16.8 Å². The number of rotatable bonds is 7. The molecule has 2 aromatic rings. The van der Waals surface area contributed by atoms with Crippen molar-refractivity contribution in [3.63, 3.8) is 0 Å². The summed E-state index contributed by atoms with van der Waals surface area (Å²) in [5.74, 6) is -0.376. The van der Waals surface area contributed by atoms with Gasteiger partial charge in [-0.05, 0) is 68.4 Å². The van der Waals surface area contributed by atoms with Gasteiger partial charge in [-0.1, -0.05) is 37.3 Å². The first-order valence-electron chi connectivity index (χ1n) is 14.7. The second kappa shape index (κ2) is 13.3. The molecule has 0 radical (unpaired) electrons. The standard InChI is InChI=1S/C32H38F6N2O3/c1-4-29(41)39(3)26-12-10-22(11-13-26)30(42)40-15-14-28(27(19-40)21-8-6-5-7-9-21)43-20(2)23-16-24(31(33,34)35)18-25(17-23)32(36,37)38/h5-9,16-18,20,22,26-28H,4,10-15,19H2,1-3H3/t20-,22-,26-,27+,28+/m1/s1. The first kappa shape index (κ1) is 32.8. The first-order chi connectivity index (χ1) is 20.2. The van der Waals surface area contributed by atoms with Gasteiger partial charge in [-0.2, -0.15) is 26.3 Å². The number of ether oxygens (including phenoxy) is 1. The van der Waals surface area contributed by atoms with Gasteiger partial charge in [0.15, 0.2) is 0 Å². The van der Waals surface area contributed by atoms with E-state index in [-0.39, 0.29) is 41.3 Å². The van der Waals surface area contributed by atoms with E-state index < -0.39 is 35.7 Å². The lowest BCUT2D eigenvalue weighted by Crippen LogP contribution is -2.49. The molecule has 11 heteroatoms. The van der Waals surface area contributed by atoms with Crippen molar-refractivity contribution < 1.29 is 40.7 Å². The van der Waals surface area contributed by atoms with Crippen molar-refractivity contribution in [1.29, 1.82) is 0 Å². The number of carbonyl (C=O) groups is 2. The van der Waals surface area contributed by atoms with Crippen molar-refractivity contribution in [2.75, 3.05) is 20.1 Å². The van der Waals surface area contributed by atoms with Gasteiger partial charge in [0.2, 0.25) is 11.8 Å². The molecule has 4 rings (SSSR count). The Labute approximate surface area is 248 Å². The smallest absolute Gasteiger partial charge is 0.370 e. The Hall–Kier alpha value is -3.08. The lowest BCUT2D eigenvalue weighted by molar-refractivity contribution is -0.143. The number of carbonyl (C=O) groups excluding carboxylic acids is 2. The third-order valence-electron chi connectivity index (χ3n) is 8.84. The van der Waals surface area contributed by atoms with Crippen molar-refractivity contribution in [3.05, 3.63) is 70.8 Å². The number of benzene rings is 2. The minimum atomic E-state index is -4.95. The number of likely N-dealkylation sites (tertiary alicyclic amines) is 1. The number of halogens is 6. The fourth-order valence-electron chi connectivity index (χ4n) is 6.29. The van der Waals surface area contributed by atoms with Gasteiger partial charge >= 0.3 is 12.4 Å². The van der Waals surface area contributed by atoms with Gasteiger partial charge in [0, 0.05) is 44.4 Å². The quantitative estimate of drug-likeness (QED) is 0.303. The molecule has 1 saturated heterocycles. The molecule has 1 aliphatic carbocycles. The number of amides is 2. The molecule has 2 fully saturated rings. The fraction of sp³-hybridized carbons (Fsp3) is 0.562. The molecule has 2 aliphatic rings. The Balaban J connectivity index is 1.50. The van der Waals surface area contributed by atoms with Crippen molar-refractivity contribution in [2.45, 2.75) is 88.9 Å². The maximum absolute atomic E-state index is 13.6. The summed E-state index contributed by atoms with van der Waals surface area (Å²) in [5.41, 5.74) is -2.10. The van der Waals surface area contributed by atoms with Gasteiger partial charge in [-0.25, -0.2) is 0 Å².